The first-order chi connectivity index (χ1) is 8.70. The largest absolute Gasteiger partial charge is 0.494 e. The zero-order valence-electron chi connectivity index (χ0n) is 10.8. The van der Waals surface area contributed by atoms with Crippen LogP contribution >= 0.6 is 0 Å². The highest BCUT2D eigenvalue weighted by atomic mass is 19.1. The van der Waals surface area contributed by atoms with Gasteiger partial charge in [0.2, 0.25) is 0 Å². The maximum Gasteiger partial charge on any atom is 0.167 e. The molecule has 0 bridgehead atoms. The van der Waals surface area contributed by atoms with E-state index in [9.17, 15) is 4.39 Å². The molecule has 1 aromatic carbocycles. The monoisotopic (exact) mass is 252 g/mol. The van der Waals surface area contributed by atoms with Gasteiger partial charge in [0, 0.05) is 18.7 Å². The summed E-state index contributed by atoms with van der Waals surface area (Å²) in [6.07, 6.45) is 6.54. The highest BCUT2D eigenvalue weighted by molar-refractivity contribution is 5.68. The van der Waals surface area contributed by atoms with Crippen molar-refractivity contribution < 1.29 is 9.13 Å². The van der Waals surface area contributed by atoms with E-state index >= 15 is 0 Å². The number of hydrogen-bond donors (Lipinski definition) is 2. The van der Waals surface area contributed by atoms with Crippen molar-refractivity contribution >= 4 is 11.4 Å². The van der Waals surface area contributed by atoms with Gasteiger partial charge in [-0.15, -0.1) is 0 Å². The Kier molecular flexibility index (Phi) is 4.28. The second-order valence-corrected chi connectivity index (χ2v) is 4.94. The summed E-state index contributed by atoms with van der Waals surface area (Å²) in [5.41, 5.74) is 6.97. The fraction of sp³-hybridized carbons (Fsp3) is 0.571. The summed E-state index contributed by atoms with van der Waals surface area (Å²) in [5, 5.41) is 3.27. The van der Waals surface area contributed by atoms with Gasteiger partial charge in [0.15, 0.2) is 11.6 Å². The van der Waals surface area contributed by atoms with Gasteiger partial charge in [0.05, 0.1) is 18.5 Å². The van der Waals surface area contributed by atoms with Crippen molar-refractivity contribution in [2.75, 3.05) is 24.7 Å². The van der Waals surface area contributed by atoms with Crippen molar-refractivity contribution in [1.82, 2.24) is 0 Å². The van der Waals surface area contributed by atoms with Crippen LogP contribution in [0.1, 0.15) is 32.1 Å². The van der Waals surface area contributed by atoms with Crippen molar-refractivity contribution in [3.05, 3.63) is 17.9 Å². The Balaban J connectivity index is 1.91. The third-order valence-electron chi connectivity index (χ3n) is 3.67. The Morgan fingerprint density at radius 3 is 2.78 bits per heavy atom. The minimum Gasteiger partial charge on any atom is -0.494 e. The predicted octanol–water partition coefficient (Wildman–Crippen LogP) is 3.41. The summed E-state index contributed by atoms with van der Waals surface area (Å²) in [7, 11) is 1.46. The molecule has 0 aliphatic heterocycles. The Labute approximate surface area is 108 Å². The molecular weight excluding hydrogens is 231 g/mol. The van der Waals surface area contributed by atoms with Crippen LogP contribution in [0.4, 0.5) is 15.8 Å². The number of ether oxygens (including phenoxy) is 1. The van der Waals surface area contributed by atoms with E-state index in [4.69, 9.17) is 10.5 Å². The van der Waals surface area contributed by atoms with Crippen molar-refractivity contribution in [2.24, 2.45) is 5.92 Å². The number of benzene rings is 1. The molecule has 0 amide bonds. The van der Waals surface area contributed by atoms with E-state index < -0.39 is 5.82 Å². The van der Waals surface area contributed by atoms with E-state index in [1.54, 1.807) is 6.07 Å². The zero-order chi connectivity index (χ0) is 13.0. The van der Waals surface area contributed by atoms with Gasteiger partial charge in [-0.3, -0.25) is 0 Å². The van der Waals surface area contributed by atoms with E-state index in [1.807, 2.05) is 0 Å². The molecule has 0 saturated heterocycles. The molecule has 0 radical (unpaired) electrons. The molecule has 3 nitrogen and oxygen atoms in total. The number of methoxy groups -OCH3 is 1. The van der Waals surface area contributed by atoms with Crippen LogP contribution in [-0.4, -0.2) is 13.7 Å². The highest BCUT2D eigenvalue weighted by Crippen LogP contribution is 2.30. The predicted molar refractivity (Wildman–Crippen MR) is 72.4 cm³/mol. The SMILES string of the molecule is COc1cc(NCCC2CCCC2)c(N)cc1F. The van der Waals surface area contributed by atoms with Crippen LogP contribution in [0.15, 0.2) is 12.1 Å². The zero-order valence-corrected chi connectivity index (χ0v) is 10.8. The van der Waals surface area contributed by atoms with Gasteiger partial charge in [0.1, 0.15) is 0 Å². The number of anilines is 2. The van der Waals surface area contributed by atoms with Crippen molar-refractivity contribution in [3.63, 3.8) is 0 Å². The summed E-state index contributed by atoms with van der Waals surface area (Å²) in [6.45, 7) is 0.879. The van der Waals surface area contributed by atoms with Gasteiger partial charge in [0.25, 0.3) is 0 Å². The Bertz CT molecular complexity index is 403. The third kappa shape index (κ3) is 3.06. The number of nitrogens with one attached hydrogen (secondary N) is 1. The molecule has 0 heterocycles. The first-order valence-electron chi connectivity index (χ1n) is 6.57. The van der Waals surface area contributed by atoms with Crippen LogP contribution < -0.4 is 15.8 Å². The molecule has 0 spiro atoms. The van der Waals surface area contributed by atoms with Crippen molar-refractivity contribution in [2.45, 2.75) is 32.1 Å². The molecule has 3 N–H and O–H groups in total. The standard InChI is InChI=1S/C14H21FN2O/c1-18-14-9-13(12(16)8-11(14)15)17-7-6-10-4-2-3-5-10/h8-10,17H,2-7,16H2,1H3. The quantitative estimate of drug-likeness (QED) is 0.789. The van der Waals surface area contributed by atoms with Crippen LogP contribution in [0, 0.1) is 11.7 Å². The summed E-state index contributed by atoms with van der Waals surface area (Å²) >= 11 is 0. The first kappa shape index (κ1) is 13.0. The summed E-state index contributed by atoms with van der Waals surface area (Å²) in [5.74, 6) is 0.643. The molecular formula is C14H21FN2O. The smallest absolute Gasteiger partial charge is 0.167 e. The first-order valence-corrected chi connectivity index (χ1v) is 6.57. The molecule has 1 saturated carbocycles. The maximum atomic E-state index is 13.4. The molecule has 2 rings (SSSR count). The normalized spacial score (nSPS) is 15.9. The third-order valence-corrected chi connectivity index (χ3v) is 3.67. The summed E-state index contributed by atoms with van der Waals surface area (Å²) in [6, 6.07) is 2.93. The van der Waals surface area contributed by atoms with Crippen LogP contribution in [0.25, 0.3) is 0 Å². The van der Waals surface area contributed by atoms with E-state index in [-0.39, 0.29) is 5.75 Å². The molecule has 18 heavy (non-hydrogen) atoms. The second-order valence-electron chi connectivity index (χ2n) is 4.94. The van der Waals surface area contributed by atoms with E-state index in [0.717, 1.165) is 24.6 Å². The van der Waals surface area contributed by atoms with Gasteiger partial charge in [-0.1, -0.05) is 25.7 Å². The molecule has 1 aliphatic rings. The average Bonchev–Trinajstić information content (AvgIpc) is 2.85. The lowest BCUT2D eigenvalue weighted by molar-refractivity contribution is 0.387. The molecule has 1 fully saturated rings. The Morgan fingerprint density at radius 2 is 2.11 bits per heavy atom. The highest BCUT2D eigenvalue weighted by Gasteiger charge is 2.14. The van der Waals surface area contributed by atoms with Gasteiger partial charge in [-0.05, 0) is 12.3 Å². The Morgan fingerprint density at radius 1 is 1.39 bits per heavy atom. The fourth-order valence-corrected chi connectivity index (χ4v) is 2.59. The van der Waals surface area contributed by atoms with E-state index in [2.05, 4.69) is 5.32 Å². The minimum absolute atomic E-state index is 0.229. The lowest BCUT2D eigenvalue weighted by atomic mass is 10.0. The number of hydrogen-bond acceptors (Lipinski definition) is 3. The average molecular weight is 252 g/mol. The lowest BCUT2D eigenvalue weighted by Crippen LogP contribution is -2.08. The van der Waals surface area contributed by atoms with Crippen molar-refractivity contribution in [1.29, 1.82) is 0 Å². The van der Waals surface area contributed by atoms with Gasteiger partial charge >= 0.3 is 0 Å². The topological polar surface area (TPSA) is 47.3 Å². The van der Waals surface area contributed by atoms with Gasteiger partial charge in [-0.2, -0.15) is 0 Å². The van der Waals surface area contributed by atoms with Gasteiger partial charge in [-0.25, -0.2) is 4.39 Å². The molecule has 0 atom stereocenters. The molecule has 4 heteroatoms. The molecule has 0 unspecified atom stereocenters. The molecule has 100 valence electrons. The number of nitrogen functional groups attached to an aromatic ring is 1. The molecule has 1 aromatic rings. The van der Waals surface area contributed by atoms with Crippen LogP contribution in [0.3, 0.4) is 0 Å². The molecule has 0 aromatic heterocycles. The lowest BCUT2D eigenvalue weighted by Gasteiger charge is -2.13. The van der Waals surface area contributed by atoms with Crippen LogP contribution in [0.5, 0.6) is 5.75 Å². The fourth-order valence-electron chi connectivity index (χ4n) is 2.59. The summed E-state index contributed by atoms with van der Waals surface area (Å²) in [4.78, 5) is 0. The number of rotatable bonds is 5. The van der Waals surface area contributed by atoms with E-state index in [0.29, 0.717) is 5.69 Å². The van der Waals surface area contributed by atoms with Crippen molar-refractivity contribution in [3.8, 4) is 5.75 Å². The minimum atomic E-state index is -0.420. The second kappa shape index (κ2) is 5.94. The maximum absolute atomic E-state index is 13.4. The number of halogens is 1. The van der Waals surface area contributed by atoms with Crippen LogP contribution in [-0.2, 0) is 0 Å². The van der Waals surface area contributed by atoms with Crippen LogP contribution in [0.2, 0.25) is 0 Å². The summed E-state index contributed by atoms with van der Waals surface area (Å²) < 4.78 is 18.3. The molecule has 1 aliphatic carbocycles. The number of nitrogens with two attached hydrogens (primary N) is 1. The van der Waals surface area contributed by atoms with Gasteiger partial charge < -0.3 is 15.8 Å². The Hall–Kier alpha value is -1.45. The van der Waals surface area contributed by atoms with E-state index in [1.165, 1.54) is 38.9 Å².